The van der Waals surface area contributed by atoms with E-state index >= 15 is 0 Å². The van der Waals surface area contributed by atoms with E-state index in [2.05, 4.69) is 10.3 Å². The molecule has 1 aromatic carbocycles. The number of halogens is 1. The highest BCUT2D eigenvalue weighted by Gasteiger charge is 2.11. The lowest BCUT2D eigenvalue weighted by Gasteiger charge is -2.15. The molecule has 0 saturated heterocycles. The van der Waals surface area contributed by atoms with E-state index < -0.39 is 0 Å². The van der Waals surface area contributed by atoms with Crippen molar-refractivity contribution in [3.05, 3.63) is 45.4 Å². The quantitative estimate of drug-likeness (QED) is 0.842. The molecule has 1 heterocycles. The van der Waals surface area contributed by atoms with Crippen LogP contribution in [0.2, 0.25) is 5.02 Å². The van der Waals surface area contributed by atoms with E-state index in [0.29, 0.717) is 23.9 Å². The van der Waals surface area contributed by atoms with Crippen LogP contribution in [0.3, 0.4) is 0 Å². The second-order valence-corrected chi connectivity index (χ2v) is 6.22. The van der Waals surface area contributed by atoms with Crippen molar-refractivity contribution in [2.75, 3.05) is 26.0 Å². The molecular weight excluding hydrogens is 322 g/mol. The third kappa shape index (κ3) is 5.06. The van der Waals surface area contributed by atoms with Crippen molar-refractivity contribution in [1.29, 1.82) is 0 Å². The maximum atomic E-state index is 12.0. The summed E-state index contributed by atoms with van der Waals surface area (Å²) in [7, 11) is 3.52. The Bertz CT molecular complexity index is 633. The Kier molecular flexibility index (Phi) is 6.33. The number of nitrogens with one attached hydrogen (secondary N) is 1. The molecule has 1 amide bonds. The number of anilines is 1. The molecule has 7 heteroatoms. The predicted molar refractivity (Wildman–Crippen MR) is 89.2 cm³/mol. The van der Waals surface area contributed by atoms with Crippen molar-refractivity contribution < 1.29 is 9.53 Å². The van der Waals surface area contributed by atoms with Gasteiger partial charge in [-0.25, -0.2) is 4.98 Å². The average Bonchev–Trinajstić information content (AvgIpc) is 2.89. The Morgan fingerprint density at radius 1 is 1.45 bits per heavy atom. The minimum Gasteiger partial charge on any atom is -0.378 e. The summed E-state index contributed by atoms with van der Waals surface area (Å²) in [6, 6.07) is 7.17. The first kappa shape index (κ1) is 16.9. The molecule has 0 aliphatic heterocycles. The smallest absolute Gasteiger partial charge is 0.238 e. The van der Waals surface area contributed by atoms with Crippen LogP contribution < -0.4 is 5.32 Å². The van der Waals surface area contributed by atoms with Gasteiger partial charge in [0.1, 0.15) is 5.01 Å². The van der Waals surface area contributed by atoms with Crippen molar-refractivity contribution in [1.82, 2.24) is 9.88 Å². The van der Waals surface area contributed by atoms with E-state index in [0.717, 1.165) is 10.7 Å². The third-order valence-electron chi connectivity index (χ3n) is 2.86. The van der Waals surface area contributed by atoms with Crippen LogP contribution in [-0.4, -0.2) is 36.5 Å². The number of likely N-dealkylation sites (N-methyl/N-ethyl adjacent to an activating group) is 1. The third-order valence-corrected chi connectivity index (χ3v) is 4.06. The number of hydrogen-bond donors (Lipinski definition) is 1. The lowest BCUT2D eigenvalue weighted by atomic mass is 10.3. The van der Waals surface area contributed by atoms with Gasteiger partial charge in [0, 0.05) is 19.0 Å². The zero-order chi connectivity index (χ0) is 15.9. The lowest BCUT2D eigenvalue weighted by molar-refractivity contribution is -0.117. The SMILES string of the molecule is COCc1nc(CN(C)CC(=O)Nc2ccccc2Cl)cs1. The van der Waals surface area contributed by atoms with Crippen LogP contribution in [0, 0.1) is 0 Å². The van der Waals surface area contributed by atoms with Gasteiger partial charge in [0.2, 0.25) is 5.91 Å². The van der Waals surface area contributed by atoms with Gasteiger partial charge in [-0.1, -0.05) is 23.7 Å². The van der Waals surface area contributed by atoms with Gasteiger partial charge in [-0.2, -0.15) is 0 Å². The van der Waals surface area contributed by atoms with Crippen molar-refractivity contribution >= 4 is 34.5 Å². The lowest BCUT2D eigenvalue weighted by Crippen LogP contribution is -2.30. The van der Waals surface area contributed by atoms with Crippen LogP contribution in [0.5, 0.6) is 0 Å². The van der Waals surface area contributed by atoms with Crippen molar-refractivity contribution in [3.63, 3.8) is 0 Å². The van der Waals surface area contributed by atoms with Crippen LogP contribution in [0.25, 0.3) is 0 Å². The number of carbonyl (C=O) groups excluding carboxylic acids is 1. The number of nitrogens with zero attached hydrogens (tertiary/aromatic N) is 2. The molecule has 1 aromatic heterocycles. The Balaban J connectivity index is 1.84. The molecule has 0 atom stereocenters. The number of rotatable bonds is 7. The summed E-state index contributed by atoms with van der Waals surface area (Å²) < 4.78 is 5.05. The first-order valence-electron chi connectivity index (χ1n) is 6.73. The van der Waals surface area contributed by atoms with Crippen LogP contribution in [0.1, 0.15) is 10.7 Å². The van der Waals surface area contributed by atoms with E-state index in [-0.39, 0.29) is 12.5 Å². The molecule has 118 valence electrons. The molecule has 0 unspecified atom stereocenters. The van der Waals surface area contributed by atoms with Gasteiger partial charge >= 0.3 is 0 Å². The summed E-state index contributed by atoms with van der Waals surface area (Å²) in [6.07, 6.45) is 0. The molecule has 2 rings (SSSR count). The molecule has 0 aliphatic carbocycles. The molecular formula is C15H18ClN3O2S. The van der Waals surface area contributed by atoms with Crippen molar-refractivity contribution in [2.24, 2.45) is 0 Å². The number of hydrogen-bond acceptors (Lipinski definition) is 5. The Morgan fingerprint density at radius 3 is 2.95 bits per heavy atom. The van der Waals surface area contributed by atoms with Gasteiger partial charge in [0.15, 0.2) is 0 Å². The topological polar surface area (TPSA) is 54.5 Å². The Morgan fingerprint density at radius 2 is 2.23 bits per heavy atom. The maximum absolute atomic E-state index is 12.0. The van der Waals surface area contributed by atoms with Crippen LogP contribution in [0.15, 0.2) is 29.6 Å². The number of aromatic nitrogens is 1. The Labute approximate surface area is 138 Å². The number of amides is 1. The molecule has 0 fully saturated rings. The molecule has 0 saturated carbocycles. The fraction of sp³-hybridized carbons (Fsp3) is 0.333. The molecule has 2 aromatic rings. The highest BCUT2D eigenvalue weighted by molar-refractivity contribution is 7.09. The Hall–Kier alpha value is -1.47. The molecule has 0 bridgehead atoms. The average molecular weight is 340 g/mol. The van der Waals surface area contributed by atoms with Gasteiger partial charge in [-0.15, -0.1) is 11.3 Å². The minimum atomic E-state index is -0.108. The molecule has 0 aliphatic rings. The van der Waals surface area contributed by atoms with Gasteiger partial charge in [-0.3, -0.25) is 9.69 Å². The van der Waals surface area contributed by atoms with Gasteiger partial charge in [0.25, 0.3) is 0 Å². The molecule has 0 spiro atoms. The first-order chi connectivity index (χ1) is 10.6. The van der Waals surface area contributed by atoms with Gasteiger partial charge in [0.05, 0.1) is 29.6 Å². The number of thiazole rings is 1. The summed E-state index contributed by atoms with van der Waals surface area (Å²) in [5.41, 5.74) is 1.56. The molecule has 22 heavy (non-hydrogen) atoms. The second kappa shape index (κ2) is 8.24. The normalized spacial score (nSPS) is 10.9. The standard InChI is InChI=1S/C15H18ClN3O2S/c1-19(7-11-10-22-15(17-11)9-21-2)8-14(20)18-13-6-4-3-5-12(13)16/h3-6,10H,7-9H2,1-2H3,(H,18,20). The van der Waals surface area contributed by atoms with Crippen LogP contribution in [-0.2, 0) is 22.7 Å². The maximum Gasteiger partial charge on any atom is 0.238 e. The zero-order valence-corrected chi connectivity index (χ0v) is 14.1. The number of para-hydroxylation sites is 1. The number of benzene rings is 1. The fourth-order valence-electron chi connectivity index (χ4n) is 1.94. The zero-order valence-electron chi connectivity index (χ0n) is 12.5. The highest BCUT2D eigenvalue weighted by Crippen LogP contribution is 2.20. The minimum absolute atomic E-state index is 0.108. The van der Waals surface area contributed by atoms with Crippen molar-refractivity contribution in [2.45, 2.75) is 13.2 Å². The monoisotopic (exact) mass is 339 g/mol. The molecule has 5 nitrogen and oxygen atoms in total. The van der Waals surface area contributed by atoms with E-state index in [4.69, 9.17) is 16.3 Å². The fourth-order valence-corrected chi connectivity index (χ4v) is 2.88. The summed E-state index contributed by atoms with van der Waals surface area (Å²) in [6.45, 7) is 1.39. The largest absolute Gasteiger partial charge is 0.378 e. The van der Waals surface area contributed by atoms with Crippen LogP contribution in [0.4, 0.5) is 5.69 Å². The summed E-state index contributed by atoms with van der Waals surface area (Å²) in [5, 5.41) is 6.25. The molecule has 1 N–H and O–H groups in total. The number of methoxy groups -OCH3 is 1. The number of ether oxygens (including phenoxy) is 1. The predicted octanol–water partition coefficient (Wildman–Crippen LogP) is 3.01. The van der Waals surface area contributed by atoms with Gasteiger partial charge in [-0.05, 0) is 19.2 Å². The second-order valence-electron chi connectivity index (χ2n) is 4.87. The van der Waals surface area contributed by atoms with Crippen LogP contribution >= 0.6 is 22.9 Å². The van der Waals surface area contributed by atoms with Crippen molar-refractivity contribution in [3.8, 4) is 0 Å². The van der Waals surface area contributed by atoms with E-state index in [1.807, 2.05) is 29.5 Å². The summed E-state index contributed by atoms with van der Waals surface area (Å²) >= 11 is 7.58. The highest BCUT2D eigenvalue weighted by atomic mass is 35.5. The van der Waals surface area contributed by atoms with Gasteiger partial charge < -0.3 is 10.1 Å². The van der Waals surface area contributed by atoms with E-state index in [9.17, 15) is 4.79 Å². The summed E-state index contributed by atoms with van der Waals surface area (Å²) in [4.78, 5) is 18.4. The first-order valence-corrected chi connectivity index (χ1v) is 7.99. The van der Waals surface area contributed by atoms with E-state index in [1.54, 1.807) is 30.6 Å². The number of carbonyl (C=O) groups is 1. The molecule has 0 radical (unpaired) electrons. The summed E-state index contributed by atoms with van der Waals surface area (Å²) in [5.74, 6) is -0.108. The van der Waals surface area contributed by atoms with E-state index in [1.165, 1.54) is 0 Å².